The molecule has 0 unspecified atom stereocenters. The molecule has 2 heterocycles. The lowest BCUT2D eigenvalue weighted by molar-refractivity contribution is 0.0539. The van der Waals surface area contributed by atoms with Gasteiger partial charge in [0.05, 0.1) is 6.10 Å². The van der Waals surface area contributed by atoms with Crippen LogP contribution in [0.1, 0.15) is 30.1 Å². The first-order valence-corrected chi connectivity index (χ1v) is 7.28. The van der Waals surface area contributed by atoms with Crippen LogP contribution in [0.25, 0.3) is 0 Å². The Morgan fingerprint density at radius 3 is 3.00 bits per heavy atom. The van der Waals surface area contributed by atoms with Crippen molar-refractivity contribution in [2.45, 2.75) is 25.9 Å². The molecule has 1 fully saturated rings. The first kappa shape index (κ1) is 15.1. The summed E-state index contributed by atoms with van der Waals surface area (Å²) in [4.78, 5) is 18.4. The van der Waals surface area contributed by atoms with Gasteiger partial charge in [-0.1, -0.05) is 11.6 Å². The molecule has 0 aliphatic carbocycles. The fourth-order valence-electron chi connectivity index (χ4n) is 2.32. The minimum absolute atomic E-state index is 0.0381. The van der Waals surface area contributed by atoms with Crippen molar-refractivity contribution in [3.8, 4) is 0 Å². The second-order valence-corrected chi connectivity index (χ2v) is 5.18. The molecule has 0 radical (unpaired) electrons. The molecule has 1 aromatic heterocycles. The number of halogens is 1. The van der Waals surface area contributed by atoms with Gasteiger partial charge in [0.15, 0.2) is 0 Å². The lowest BCUT2D eigenvalue weighted by Crippen LogP contribution is -2.37. The Hall–Kier alpha value is -1.33. The molecule has 1 N–H and O–H groups in total. The molecule has 0 aromatic carbocycles. The van der Waals surface area contributed by atoms with Gasteiger partial charge >= 0.3 is 0 Å². The van der Waals surface area contributed by atoms with Crippen molar-refractivity contribution < 1.29 is 9.53 Å². The number of carbonyl (C=O) groups excluding carboxylic acids is 1. The third kappa shape index (κ3) is 3.61. The van der Waals surface area contributed by atoms with Crippen LogP contribution in [0.2, 0.25) is 5.15 Å². The predicted octanol–water partition coefficient (Wildman–Crippen LogP) is 2.42. The Labute approximate surface area is 124 Å². The largest absolute Gasteiger partial charge is 0.376 e. The zero-order chi connectivity index (χ0) is 14.5. The number of anilines is 1. The first-order chi connectivity index (χ1) is 9.63. The molecule has 2 rings (SSSR count). The highest BCUT2D eigenvalue weighted by Gasteiger charge is 2.23. The predicted molar refractivity (Wildman–Crippen MR) is 79.3 cm³/mol. The number of aromatic nitrogens is 1. The summed E-state index contributed by atoms with van der Waals surface area (Å²) in [5, 5.41) is 3.22. The van der Waals surface area contributed by atoms with Crippen LogP contribution in [0, 0.1) is 0 Å². The van der Waals surface area contributed by atoms with Crippen molar-refractivity contribution in [2.24, 2.45) is 0 Å². The molecule has 1 aromatic rings. The molecule has 0 spiro atoms. The van der Waals surface area contributed by atoms with E-state index in [0.717, 1.165) is 19.4 Å². The number of hydrogen-bond donors (Lipinski definition) is 1. The lowest BCUT2D eigenvalue weighted by Gasteiger charge is -2.24. The SMILES string of the molecule is CCN(C[C@@H]1CCCO1)C(=O)c1cc(Cl)nc(NC)c1. The number of amides is 1. The van der Waals surface area contributed by atoms with E-state index < -0.39 is 0 Å². The molecule has 0 saturated carbocycles. The maximum absolute atomic E-state index is 12.5. The molecule has 1 amide bonds. The van der Waals surface area contributed by atoms with Crippen molar-refractivity contribution in [1.82, 2.24) is 9.88 Å². The van der Waals surface area contributed by atoms with E-state index in [4.69, 9.17) is 16.3 Å². The van der Waals surface area contributed by atoms with E-state index in [1.54, 1.807) is 24.1 Å². The van der Waals surface area contributed by atoms with Gasteiger partial charge < -0.3 is 15.0 Å². The third-order valence-electron chi connectivity index (χ3n) is 3.41. The highest BCUT2D eigenvalue weighted by Crippen LogP contribution is 2.18. The van der Waals surface area contributed by atoms with Crippen LogP contribution in [0.4, 0.5) is 5.82 Å². The van der Waals surface area contributed by atoms with Crippen LogP contribution < -0.4 is 5.32 Å². The van der Waals surface area contributed by atoms with Crippen LogP contribution in [-0.4, -0.2) is 48.6 Å². The Bertz CT molecular complexity index is 475. The van der Waals surface area contributed by atoms with Crippen molar-refractivity contribution in [1.29, 1.82) is 0 Å². The van der Waals surface area contributed by atoms with Gasteiger partial charge in [0.2, 0.25) is 0 Å². The Kier molecular flexibility index (Phi) is 5.20. The third-order valence-corrected chi connectivity index (χ3v) is 3.61. The fourth-order valence-corrected chi connectivity index (χ4v) is 2.53. The average molecular weight is 298 g/mol. The molecule has 110 valence electrons. The number of pyridine rings is 1. The summed E-state index contributed by atoms with van der Waals surface area (Å²) >= 11 is 5.94. The second kappa shape index (κ2) is 6.90. The molecule has 1 atom stereocenters. The number of hydrogen-bond acceptors (Lipinski definition) is 4. The van der Waals surface area contributed by atoms with Crippen molar-refractivity contribution in [3.05, 3.63) is 22.8 Å². The number of nitrogens with zero attached hydrogens (tertiary/aromatic N) is 2. The Balaban J connectivity index is 2.12. The van der Waals surface area contributed by atoms with Gasteiger partial charge in [-0.25, -0.2) is 4.98 Å². The summed E-state index contributed by atoms with van der Waals surface area (Å²) in [6.07, 6.45) is 2.24. The molecule has 1 saturated heterocycles. The maximum Gasteiger partial charge on any atom is 0.254 e. The normalized spacial score (nSPS) is 18.1. The van der Waals surface area contributed by atoms with Gasteiger partial charge in [-0.2, -0.15) is 0 Å². The van der Waals surface area contributed by atoms with E-state index in [0.29, 0.717) is 29.6 Å². The first-order valence-electron chi connectivity index (χ1n) is 6.90. The van der Waals surface area contributed by atoms with Gasteiger partial charge in [0, 0.05) is 32.3 Å². The number of nitrogens with one attached hydrogen (secondary N) is 1. The molecule has 6 heteroatoms. The van der Waals surface area contributed by atoms with E-state index in [1.807, 2.05) is 6.92 Å². The van der Waals surface area contributed by atoms with Crippen LogP contribution in [0.3, 0.4) is 0 Å². The molecular formula is C14H20ClN3O2. The zero-order valence-electron chi connectivity index (χ0n) is 11.9. The lowest BCUT2D eigenvalue weighted by atomic mass is 10.2. The van der Waals surface area contributed by atoms with Gasteiger partial charge in [-0.05, 0) is 31.9 Å². The number of likely N-dealkylation sites (N-methyl/N-ethyl adjacent to an activating group) is 1. The minimum Gasteiger partial charge on any atom is -0.376 e. The highest BCUT2D eigenvalue weighted by molar-refractivity contribution is 6.29. The van der Waals surface area contributed by atoms with E-state index in [9.17, 15) is 4.79 Å². The van der Waals surface area contributed by atoms with Crippen molar-refractivity contribution in [2.75, 3.05) is 32.1 Å². The number of carbonyl (C=O) groups is 1. The summed E-state index contributed by atoms with van der Waals surface area (Å²) < 4.78 is 5.60. The number of rotatable bonds is 5. The molecule has 0 bridgehead atoms. The smallest absolute Gasteiger partial charge is 0.254 e. The van der Waals surface area contributed by atoms with Crippen LogP contribution in [0.5, 0.6) is 0 Å². The molecule has 5 nitrogen and oxygen atoms in total. The van der Waals surface area contributed by atoms with Gasteiger partial charge in [-0.3, -0.25) is 4.79 Å². The van der Waals surface area contributed by atoms with Crippen molar-refractivity contribution >= 4 is 23.3 Å². The molecule has 20 heavy (non-hydrogen) atoms. The van der Waals surface area contributed by atoms with E-state index in [1.165, 1.54) is 0 Å². The maximum atomic E-state index is 12.5. The van der Waals surface area contributed by atoms with Crippen molar-refractivity contribution in [3.63, 3.8) is 0 Å². The van der Waals surface area contributed by atoms with Crippen LogP contribution in [0.15, 0.2) is 12.1 Å². The Morgan fingerprint density at radius 2 is 2.40 bits per heavy atom. The zero-order valence-corrected chi connectivity index (χ0v) is 12.6. The van der Waals surface area contributed by atoms with E-state index in [-0.39, 0.29) is 12.0 Å². The summed E-state index contributed by atoms with van der Waals surface area (Å²) in [5.41, 5.74) is 0.550. The Morgan fingerprint density at radius 1 is 1.60 bits per heavy atom. The van der Waals surface area contributed by atoms with Gasteiger partial charge in [-0.15, -0.1) is 0 Å². The molecule has 1 aliphatic heterocycles. The summed E-state index contributed by atoms with van der Waals surface area (Å²) in [6.45, 7) is 4.04. The minimum atomic E-state index is -0.0381. The monoisotopic (exact) mass is 297 g/mol. The highest BCUT2D eigenvalue weighted by atomic mass is 35.5. The number of ether oxygens (including phenoxy) is 1. The standard InChI is InChI=1S/C14H20ClN3O2/c1-3-18(9-11-5-4-6-20-11)14(19)10-7-12(15)17-13(8-10)16-2/h7-8,11H,3-6,9H2,1-2H3,(H,16,17)/t11-/m0/s1. The summed E-state index contributed by atoms with van der Waals surface area (Å²) in [5.74, 6) is 0.554. The second-order valence-electron chi connectivity index (χ2n) is 4.79. The van der Waals surface area contributed by atoms with Crippen LogP contribution >= 0.6 is 11.6 Å². The van der Waals surface area contributed by atoms with Gasteiger partial charge in [0.1, 0.15) is 11.0 Å². The summed E-state index contributed by atoms with van der Waals surface area (Å²) in [6, 6.07) is 3.31. The van der Waals surface area contributed by atoms with E-state index >= 15 is 0 Å². The molecular weight excluding hydrogens is 278 g/mol. The molecule has 1 aliphatic rings. The van der Waals surface area contributed by atoms with E-state index in [2.05, 4.69) is 10.3 Å². The van der Waals surface area contributed by atoms with Crippen LogP contribution in [-0.2, 0) is 4.74 Å². The average Bonchev–Trinajstić information content (AvgIpc) is 2.96. The fraction of sp³-hybridized carbons (Fsp3) is 0.571. The quantitative estimate of drug-likeness (QED) is 0.848. The van der Waals surface area contributed by atoms with Gasteiger partial charge in [0.25, 0.3) is 5.91 Å². The summed E-state index contributed by atoms with van der Waals surface area (Å²) in [7, 11) is 1.75. The topological polar surface area (TPSA) is 54.5 Å².